The highest BCUT2D eigenvalue weighted by atomic mass is 16.2. The van der Waals surface area contributed by atoms with Gasteiger partial charge in [-0.2, -0.15) is 0 Å². The SMILES string of the molecule is CC(C)CC(=O)NCCC(=O)N[C@@H](C)C(=O)C[C@@H](C)C(=O)C(C)C.CC(C)CC(=O)NCCC[C@@H](CCCCN)C(=O)C(C)C. The van der Waals surface area contributed by atoms with Gasteiger partial charge < -0.3 is 21.7 Å². The fourth-order valence-electron chi connectivity index (χ4n) is 4.76. The van der Waals surface area contributed by atoms with Crippen molar-refractivity contribution in [2.24, 2.45) is 41.2 Å². The summed E-state index contributed by atoms with van der Waals surface area (Å²) in [5.74, 6) is 0.403. The predicted molar refractivity (Wildman–Crippen MR) is 181 cm³/mol. The minimum atomic E-state index is -0.633. The molecule has 0 fully saturated rings. The lowest BCUT2D eigenvalue weighted by atomic mass is 9.87. The summed E-state index contributed by atoms with van der Waals surface area (Å²) < 4.78 is 0. The molecule has 0 aromatic carbocycles. The van der Waals surface area contributed by atoms with Crippen LogP contribution in [-0.2, 0) is 28.8 Å². The van der Waals surface area contributed by atoms with Crippen molar-refractivity contribution in [1.29, 1.82) is 0 Å². The van der Waals surface area contributed by atoms with Crippen molar-refractivity contribution in [3.63, 3.8) is 0 Å². The third-order valence-corrected chi connectivity index (χ3v) is 7.31. The Bertz CT molecular complexity index is 901. The maximum atomic E-state index is 12.2. The van der Waals surface area contributed by atoms with Gasteiger partial charge in [-0.1, -0.05) is 68.7 Å². The number of nitrogens with one attached hydrogen (secondary N) is 3. The number of ketones is 3. The smallest absolute Gasteiger partial charge is 0.222 e. The maximum Gasteiger partial charge on any atom is 0.222 e. The van der Waals surface area contributed by atoms with Gasteiger partial charge in [-0.25, -0.2) is 0 Å². The average molecular weight is 639 g/mol. The van der Waals surface area contributed by atoms with Gasteiger partial charge in [-0.15, -0.1) is 0 Å². The summed E-state index contributed by atoms with van der Waals surface area (Å²) in [6.07, 6.45) is 5.91. The van der Waals surface area contributed by atoms with E-state index in [0.29, 0.717) is 37.6 Å². The van der Waals surface area contributed by atoms with Gasteiger partial charge in [0.2, 0.25) is 17.7 Å². The van der Waals surface area contributed by atoms with Crippen LogP contribution in [-0.4, -0.2) is 60.7 Å². The van der Waals surface area contributed by atoms with Crippen LogP contribution in [0.5, 0.6) is 0 Å². The molecule has 0 spiro atoms. The highest BCUT2D eigenvalue weighted by Gasteiger charge is 2.23. The summed E-state index contributed by atoms with van der Waals surface area (Å²) in [7, 11) is 0. The molecule has 10 nitrogen and oxygen atoms in total. The van der Waals surface area contributed by atoms with Gasteiger partial charge in [0.25, 0.3) is 0 Å². The average Bonchev–Trinajstić information content (AvgIpc) is 2.92. The Kier molecular flexibility index (Phi) is 25.3. The molecule has 0 aliphatic rings. The molecule has 45 heavy (non-hydrogen) atoms. The molecule has 0 aliphatic heterocycles. The van der Waals surface area contributed by atoms with Gasteiger partial charge in [-0.3, -0.25) is 28.8 Å². The van der Waals surface area contributed by atoms with E-state index in [4.69, 9.17) is 5.73 Å². The number of carbonyl (C=O) groups is 6. The molecule has 0 saturated carbocycles. The normalized spacial score (nSPS) is 13.1. The first-order valence-corrected chi connectivity index (χ1v) is 17.1. The second-order valence-corrected chi connectivity index (χ2v) is 13.7. The lowest BCUT2D eigenvalue weighted by molar-refractivity contribution is -0.131. The van der Waals surface area contributed by atoms with E-state index in [1.165, 1.54) is 0 Å². The molecule has 262 valence electrons. The first kappa shape index (κ1) is 44.5. The molecule has 0 aliphatic carbocycles. The zero-order valence-electron chi connectivity index (χ0n) is 30.1. The Balaban J connectivity index is 0. The summed E-state index contributed by atoms with van der Waals surface area (Å²) >= 11 is 0. The molecule has 0 radical (unpaired) electrons. The van der Waals surface area contributed by atoms with E-state index in [-0.39, 0.29) is 78.3 Å². The van der Waals surface area contributed by atoms with E-state index in [1.807, 2.05) is 55.4 Å². The zero-order chi connectivity index (χ0) is 35.1. The molecule has 10 heteroatoms. The molecular weight excluding hydrogens is 572 g/mol. The number of carbonyl (C=O) groups excluding carboxylic acids is 6. The molecule has 3 atom stereocenters. The first-order chi connectivity index (χ1) is 20.9. The van der Waals surface area contributed by atoms with Gasteiger partial charge >= 0.3 is 0 Å². The molecule has 0 heterocycles. The first-order valence-electron chi connectivity index (χ1n) is 17.1. The van der Waals surface area contributed by atoms with E-state index in [9.17, 15) is 28.8 Å². The lowest BCUT2D eigenvalue weighted by Gasteiger charge is -2.18. The Morgan fingerprint density at radius 1 is 0.578 bits per heavy atom. The van der Waals surface area contributed by atoms with Crippen molar-refractivity contribution >= 4 is 35.1 Å². The second kappa shape index (κ2) is 25.6. The van der Waals surface area contributed by atoms with Crippen LogP contribution in [0.1, 0.15) is 127 Å². The van der Waals surface area contributed by atoms with Gasteiger partial charge in [0.15, 0.2) is 5.78 Å². The maximum absolute atomic E-state index is 12.2. The van der Waals surface area contributed by atoms with Gasteiger partial charge in [-0.05, 0) is 51.0 Å². The van der Waals surface area contributed by atoms with Crippen LogP contribution in [0.4, 0.5) is 0 Å². The van der Waals surface area contributed by atoms with Crippen LogP contribution in [0.25, 0.3) is 0 Å². The van der Waals surface area contributed by atoms with E-state index in [2.05, 4.69) is 16.0 Å². The highest BCUT2D eigenvalue weighted by molar-refractivity contribution is 5.93. The molecule has 5 N–H and O–H groups in total. The topological polar surface area (TPSA) is 165 Å². The number of nitrogens with two attached hydrogens (primary N) is 1. The fraction of sp³-hybridized carbons (Fsp3) is 0.829. The van der Waals surface area contributed by atoms with E-state index < -0.39 is 6.04 Å². The molecule has 3 amide bonds. The molecule has 0 saturated heterocycles. The van der Waals surface area contributed by atoms with Crippen molar-refractivity contribution in [2.45, 2.75) is 133 Å². The monoisotopic (exact) mass is 638 g/mol. The number of rotatable bonds is 23. The Morgan fingerprint density at radius 3 is 1.53 bits per heavy atom. The van der Waals surface area contributed by atoms with Crippen molar-refractivity contribution in [3.05, 3.63) is 0 Å². The van der Waals surface area contributed by atoms with Crippen LogP contribution in [0.15, 0.2) is 0 Å². The van der Waals surface area contributed by atoms with Crippen molar-refractivity contribution in [1.82, 2.24) is 16.0 Å². The van der Waals surface area contributed by atoms with Crippen molar-refractivity contribution in [2.75, 3.05) is 19.6 Å². The fourth-order valence-corrected chi connectivity index (χ4v) is 4.76. The summed E-state index contributed by atoms with van der Waals surface area (Å²) in [6, 6.07) is -0.633. The van der Waals surface area contributed by atoms with Crippen molar-refractivity contribution in [3.8, 4) is 0 Å². The third-order valence-electron chi connectivity index (χ3n) is 7.31. The summed E-state index contributed by atoms with van der Waals surface area (Å²) in [5, 5.41) is 8.23. The number of amides is 3. The summed E-state index contributed by atoms with van der Waals surface area (Å²) in [5.41, 5.74) is 5.51. The molecule has 0 unspecified atom stereocenters. The van der Waals surface area contributed by atoms with Crippen LogP contribution in [0.2, 0.25) is 0 Å². The molecule has 0 aromatic rings. The molecule has 0 bridgehead atoms. The number of hydrogen-bond donors (Lipinski definition) is 4. The van der Waals surface area contributed by atoms with Crippen molar-refractivity contribution < 1.29 is 28.8 Å². The zero-order valence-corrected chi connectivity index (χ0v) is 30.1. The number of unbranched alkanes of at least 4 members (excludes halogenated alkanes) is 1. The molecular formula is C35H66N4O6. The Labute approximate surface area is 273 Å². The quantitative estimate of drug-likeness (QED) is 0.117. The largest absolute Gasteiger partial charge is 0.356 e. The third kappa shape index (κ3) is 24.3. The summed E-state index contributed by atoms with van der Waals surface area (Å²) in [6.45, 7) is 20.5. The Morgan fingerprint density at radius 2 is 1.07 bits per heavy atom. The minimum absolute atomic E-state index is 0.0507. The number of hydrogen-bond acceptors (Lipinski definition) is 7. The van der Waals surface area contributed by atoms with Gasteiger partial charge in [0.05, 0.1) is 6.04 Å². The van der Waals surface area contributed by atoms with Crippen LogP contribution < -0.4 is 21.7 Å². The van der Waals surface area contributed by atoms with E-state index in [1.54, 1.807) is 13.8 Å². The summed E-state index contributed by atoms with van der Waals surface area (Å²) in [4.78, 5) is 70.9. The van der Waals surface area contributed by atoms with Gasteiger partial charge in [0, 0.05) is 62.4 Å². The van der Waals surface area contributed by atoms with Gasteiger partial charge in [0.1, 0.15) is 11.6 Å². The van der Waals surface area contributed by atoms with Crippen LogP contribution >= 0.6 is 0 Å². The second-order valence-electron chi connectivity index (χ2n) is 13.7. The van der Waals surface area contributed by atoms with E-state index >= 15 is 0 Å². The standard InChI is InChI=1S/C18H32N2O4.C17H34N2O2/c1-11(2)9-17(23)19-8-7-16(22)20-14(6)15(21)10-13(5)18(24)12(3)4;1-13(2)12-16(20)19-11-7-9-15(8-5-6-10-18)17(21)14(3)4/h11-14H,7-10H2,1-6H3,(H,19,23)(H,20,22);13-15H,5-12,18H2,1-4H3,(H,19,20)/t13-,14+;15-/m11/s1. The highest BCUT2D eigenvalue weighted by Crippen LogP contribution is 2.20. The predicted octanol–water partition coefficient (Wildman–Crippen LogP) is 4.76. The minimum Gasteiger partial charge on any atom is -0.356 e. The van der Waals surface area contributed by atoms with Crippen LogP contribution in [0.3, 0.4) is 0 Å². The number of Topliss-reactive ketones (excluding diaryl/α,β-unsaturated/α-hetero) is 3. The molecule has 0 aromatic heterocycles. The van der Waals surface area contributed by atoms with E-state index in [0.717, 1.165) is 32.1 Å². The Hall–Kier alpha value is -2.62. The van der Waals surface area contributed by atoms with Crippen LogP contribution in [0, 0.1) is 35.5 Å². The molecule has 0 rings (SSSR count). The lowest BCUT2D eigenvalue weighted by Crippen LogP contribution is -2.41.